The van der Waals surface area contributed by atoms with E-state index in [-0.39, 0.29) is 5.91 Å². The number of benzene rings is 2. The van der Waals surface area contributed by atoms with E-state index in [0.717, 1.165) is 27.9 Å². The Morgan fingerprint density at radius 3 is 2.71 bits per heavy atom. The zero-order valence-electron chi connectivity index (χ0n) is 11.9. The number of rotatable bonds is 3. The molecule has 106 valence electrons. The molecule has 0 aliphatic carbocycles. The second-order valence-corrected chi connectivity index (χ2v) is 4.91. The molecule has 21 heavy (non-hydrogen) atoms. The van der Waals surface area contributed by atoms with Crippen LogP contribution in [0.15, 0.2) is 48.5 Å². The van der Waals surface area contributed by atoms with Crippen LogP contribution in [0.5, 0.6) is 5.75 Å². The topological polar surface area (TPSA) is 54.1 Å². The second-order valence-electron chi connectivity index (χ2n) is 4.91. The SMILES string of the molecule is COc1ccc2cc(C(=O)Nc3ccccc3C)[nH]c2c1. The van der Waals surface area contributed by atoms with Crippen LogP contribution in [0.25, 0.3) is 10.9 Å². The standard InChI is InChI=1S/C17H16N2O2/c1-11-5-3-4-6-14(11)19-17(20)16-9-12-7-8-13(21-2)10-15(12)18-16/h3-10,18H,1-2H3,(H,19,20). The first kappa shape index (κ1) is 13.2. The Labute approximate surface area is 122 Å². The van der Waals surface area contributed by atoms with E-state index in [2.05, 4.69) is 10.3 Å². The third kappa shape index (κ3) is 2.60. The quantitative estimate of drug-likeness (QED) is 0.768. The van der Waals surface area contributed by atoms with Gasteiger partial charge in [0.1, 0.15) is 11.4 Å². The molecule has 3 rings (SSSR count). The van der Waals surface area contributed by atoms with Crippen LogP contribution in [-0.2, 0) is 0 Å². The van der Waals surface area contributed by atoms with Crippen molar-refractivity contribution in [2.45, 2.75) is 6.92 Å². The minimum atomic E-state index is -0.153. The molecule has 2 N–H and O–H groups in total. The highest BCUT2D eigenvalue weighted by Crippen LogP contribution is 2.22. The number of aryl methyl sites for hydroxylation is 1. The molecule has 4 heteroatoms. The number of para-hydroxylation sites is 1. The van der Waals surface area contributed by atoms with Gasteiger partial charge in [0.2, 0.25) is 0 Å². The van der Waals surface area contributed by atoms with E-state index in [0.29, 0.717) is 5.69 Å². The minimum Gasteiger partial charge on any atom is -0.497 e. The minimum absolute atomic E-state index is 0.153. The number of ether oxygens (including phenoxy) is 1. The lowest BCUT2D eigenvalue weighted by atomic mass is 10.2. The van der Waals surface area contributed by atoms with Crippen LogP contribution in [0.4, 0.5) is 5.69 Å². The molecule has 2 aromatic carbocycles. The zero-order valence-corrected chi connectivity index (χ0v) is 11.9. The molecule has 3 aromatic rings. The van der Waals surface area contributed by atoms with E-state index in [4.69, 9.17) is 4.74 Å². The lowest BCUT2D eigenvalue weighted by Crippen LogP contribution is -2.12. The summed E-state index contributed by atoms with van der Waals surface area (Å²) < 4.78 is 5.18. The van der Waals surface area contributed by atoms with Crippen LogP contribution in [0.3, 0.4) is 0 Å². The number of carbonyl (C=O) groups excluding carboxylic acids is 1. The number of aromatic amines is 1. The van der Waals surface area contributed by atoms with E-state index in [9.17, 15) is 4.79 Å². The van der Waals surface area contributed by atoms with Crippen LogP contribution < -0.4 is 10.1 Å². The first-order valence-corrected chi connectivity index (χ1v) is 6.71. The molecule has 0 aliphatic heterocycles. The number of carbonyl (C=O) groups is 1. The van der Waals surface area contributed by atoms with E-state index < -0.39 is 0 Å². The fraction of sp³-hybridized carbons (Fsp3) is 0.118. The number of hydrogen-bond acceptors (Lipinski definition) is 2. The number of aromatic nitrogens is 1. The molecule has 0 fully saturated rings. The molecule has 0 aliphatic rings. The maximum absolute atomic E-state index is 12.3. The third-order valence-electron chi connectivity index (χ3n) is 3.47. The molecule has 0 radical (unpaired) electrons. The molecule has 1 amide bonds. The van der Waals surface area contributed by atoms with Gasteiger partial charge >= 0.3 is 0 Å². The first-order valence-electron chi connectivity index (χ1n) is 6.71. The van der Waals surface area contributed by atoms with Crippen molar-refractivity contribution in [3.63, 3.8) is 0 Å². The lowest BCUT2D eigenvalue weighted by Gasteiger charge is -2.06. The molecule has 4 nitrogen and oxygen atoms in total. The van der Waals surface area contributed by atoms with Crippen LogP contribution >= 0.6 is 0 Å². The van der Waals surface area contributed by atoms with Crippen LogP contribution in [0, 0.1) is 6.92 Å². The molecule has 0 spiro atoms. The maximum Gasteiger partial charge on any atom is 0.272 e. The number of fused-ring (bicyclic) bond motifs is 1. The highest BCUT2D eigenvalue weighted by molar-refractivity contribution is 6.06. The summed E-state index contributed by atoms with van der Waals surface area (Å²) in [6.45, 7) is 1.96. The molecular formula is C17H16N2O2. The van der Waals surface area contributed by atoms with Crippen molar-refractivity contribution in [2.75, 3.05) is 12.4 Å². The fourth-order valence-electron chi connectivity index (χ4n) is 2.26. The summed E-state index contributed by atoms with van der Waals surface area (Å²) in [6.07, 6.45) is 0. The number of H-pyrrole nitrogens is 1. The average molecular weight is 280 g/mol. The van der Waals surface area contributed by atoms with E-state index in [1.165, 1.54) is 0 Å². The number of anilines is 1. The normalized spacial score (nSPS) is 10.6. The van der Waals surface area contributed by atoms with Crippen LogP contribution in [0.2, 0.25) is 0 Å². The molecule has 1 heterocycles. The highest BCUT2D eigenvalue weighted by atomic mass is 16.5. The predicted octanol–water partition coefficient (Wildman–Crippen LogP) is 3.74. The second kappa shape index (κ2) is 5.32. The van der Waals surface area contributed by atoms with Gasteiger partial charge in [0.25, 0.3) is 5.91 Å². The first-order chi connectivity index (χ1) is 10.2. The summed E-state index contributed by atoms with van der Waals surface area (Å²) in [6, 6.07) is 15.2. The molecule has 0 unspecified atom stereocenters. The van der Waals surface area contributed by atoms with Crippen molar-refractivity contribution in [1.82, 2.24) is 4.98 Å². The van der Waals surface area contributed by atoms with Gasteiger partial charge in [0, 0.05) is 22.7 Å². The van der Waals surface area contributed by atoms with Crippen molar-refractivity contribution >= 4 is 22.5 Å². The van der Waals surface area contributed by atoms with Gasteiger partial charge in [-0.15, -0.1) is 0 Å². The molecular weight excluding hydrogens is 264 g/mol. The molecule has 0 saturated carbocycles. The number of methoxy groups -OCH3 is 1. The van der Waals surface area contributed by atoms with Gasteiger partial charge in [-0.05, 0) is 36.8 Å². The molecule has 0 saturated heterocycles. The Kier molecular flexibility index (Phi) is 3.36. The maximum atomic E-state index is 12.3. The van der Waals surface area contributed by atoms with Crippen molar-refractivity contribution in [2.24, 2.45) is 0 Å². The monoisotopic (exact) mass is 280 g/mol. The zero-order chi connectivity index (χ0) is 14.8. The van der Waals surface area contributed by atoms with Crippen molar-refractivity contribution in [3.8, 4) is 5.75 Å². The van der Waals surface area contributed by atoms with Gasteiger partial charge in [-0.3, -0.25) is 4.79 Å². The van der Waals surface area contributed by atoms with Crippen molar-refractivity contribution < 1.29 is 9.53 Å². The van der Waals surface area contributed by atoms with Gasteiger partial charge in [-0.1, -0.05) is 18.2 Å². The van der Waals surface area contributed by atoms with E-state index in [1.807, 2.05) is 55.5 Å². The van der Waals surface area contributed by atoms with Crippen molar-refractivity contribution in [1.29, 1.82) is 0 Å². The third-order valence-corrected chi connectivity index (χ3v) is 3.47. The molecule has 1 aromatic heterocycles. The van der Waals surface area contributed by atoms with Crippen molar-refractivity contribution in [3.05, 3.63) is 59.8 Å². The van der Waals surface area contributed by atoms with Crippen LogP contribution in [-0.4, -0.2) is 18.0 Å². The number of nitrogens with one attached hydrogen (secondary N) is 2. The summed E-state index contributed by atoms with van der Waals surface area (Å²) in [4.78, 5) is 15.4. The lowest BCUT2D eigenvalue weighted by molar-refractivity contribution is 0.102. The summed E-state index contributed by atoms with van der Waals surface area (Å²) in [5.41, 5.74) is 3.26. The largest absolute Gasteiger partial charge is 0.497 e. The Hall–Kier alpha value is -2.75. The van der Waals surface area contributed by atoms with Crippen LogP contribution in [0.1, 0.15) is 16.1 Å². The predicted molar refractivity (Wildman–Crippen MR) is 84.0 cm³/mol. The summed E-state index contributed by atoms with van der Waals surface area (Å²) in [5.74, 6) is 0.606. The van der Waals surface area contributed by atoms with Gasteiger partial charge in [-0.25, -0.2) is 0 Å². The fourth-order valence-corrected chi connectivity index (χ4v) is 2.26. The van der Waals surface area contributed by atoms with E-state index in [1.54, 1.807) is 7.11 Å². The molecule has 0 bridgehead atoms. The number of amides is 1. The van der Waals surface area contributed by atoms with Gasteiger partial charge in [0.05, 0.1) is 7.11 Å². The van der Waals surface area contributed by atoms with Gasteiger partial charge in [0.15, 0.2) is 0 Å². The summed E-state index contributed by atoms with van der Waals surface area (Å²) in [7, 11) is 1.62. The molecule has 0 atom stereocenters. The summed E-state index contributed by atoms with van der Waals surface area (Å²) >= 11 is 0. The Morgan fingerprint density at radius 1 is 1.14 bits per heavy atom. The summed E-state index contributed by atoms with van der Waals surface area (Å²) in [5, 5.41) is 3.89. The Balaban J connectivity index is 1.89. The Morgan fingerprint density at radius 2 is 1.95 bits per heavy atom. The number of hydrogen-bond donors (Lipinski definition) is 2. The smallest absolute Gasteiger partial charge is 0.272 e. The highest BCUT2D eigenvalue weighted by Gasteiger charge is 2.11. The van der Waals surface area contributed by atoms with Gasteiger partial charge in [-0.2, -0.15) is 0 Å². The van der Waals surface area contributed by atoms with Gasteiger partial charge < -0.3 is 15.0 Å². The average Bonchev–Trinajstić information content (AvgIpc) is 2.92. The Bertz CT molecular complexity index is 805. The van der Waals surface area contributed by atoms with E-state index >= 15 is 0 Å².